The van der Waals surface area contributed by atoms with Gasteiger partial charge < -0.3 is 5.32 Å². The van der Waals surface area contributed by atoms with E-state index in [1.807, 2.05) is 5.38 Å². The van der Waals surface area contributed by atoms with Gasteiger partial charge in [0, 0.05) is 21.6 Å². The van der Waals surface area contributed by atoms with Crippen LogP contribution in [0.5, 0.6) is 0 Å². The summed E-state index contributed by atoms with van der Waals surface area (Å²) in [6, 6.07) is 10.0. The van der Waals surface area contributed by atoms with Gasteiger partial charge >= 0.3 is 0 Å². The van der Waals surface area contributed by atoms with Crippen molar-refractivity contribution < 1.29 is 13.6 Å². The maximum Gasteiger partial charge on any atom is 0.259 e. The van der Waals surface area contributed by atoms with E-state index in [0.717, 1.165) is 0 Å². The smallest absolute Gasteiger partial charge is 0.259 e. The number of carbonyl (C=O) groups is 1. The lowest BCUT2D eigenvalue weighted by Gasteiger charge is -2.08. The van der Waals surface area contributed by atoms with Crippen molar-refractivity contribution >= 4 is 44.0 Å². The van der Waals surface area contributed by atoms with E-state index in [9.17, 15) is 13.6 Å². The van der Waals surface area contributed by atoms with E-state index < -0.39 is 11.7 Å². The molecule has 1 amide bonds. The van der Waals surface area contributed by atoms with E-state index >= 15 is 0 Å². The maximum absolute atomic E-state index is 14.1. The van der Waals surface area contributed by atoms with Gasteiger partial charge in [0.05, 0.1) is 5.56 Å². The molecular formula is C18H10BrF2N3OS. The van der Waals surface area contributed by atoms with E-state index in [2.05, 4.69) is 26.2 Å². The second kappa shape index (κ2) is 6.62. The molecule has 1 N–H and O–H groups in total. The van der Waals surface area contributed by atoms with Gasteiger partial charge in [0.2, 0.25) is 0 Å². The Morgan fingerprint density at radius 3 is 2.65 bits per heavy atom. The fourth-order valence-corrected chi connectivity index (χ4v) is 3.61. The number of benzene rings is 2. The molecule has 0 unspecified atom stereocenters. The third-order valence-electron chi connectivity index (χ3n) is 3.79. The Bertz CT molecular complexity index is 1120. The van der Waals surface area contributed by atoms with E-state index in [0.29, 0.717) is 26.5 Å². The number of imidazole rings is 1. The molecule has 2 heterocycles. The molecule has 130 valence electrons. The number of fused-ring (bicyclic) bond motifs is 1. The number of carbonyl (C=O) groups excluding carboxylic acids is 1. The van der Waals surface area contributed by atoms with Crippen LogP contribution in [0, 0.1) is 11.6 Å². The Balaban J connectivity index is 1.77. The Kier molecular flexibility index (Phi) is 4.29. The van der Waals surface area contributed by atoms with Gasteiger partial charge in [-0.05, 0) is 42.5 Å². The number of hydrogen-bond donors (Lipinski definition) is 1. The molecular weight excluding hydrogens is 424 g/mol. The molecule has 0 spiro atoms. The number of nitrogens with zero attached hydrogens (tertiary/aromatic N) is 2. The number of halogens is 3. The van der Waals surface area contributed by atoms with Gasteiger partial charge in [-0.3, -0.25) is 9.20 Å². The van der Waals surface area contributed by atoms with Crippen molar-refractivity contribution in [3.8, 4) is 11.3 Å². The minimum Gasteiger partial charge on any atom is -0.306 e. The Morgan fingerprint density at radius 2 is 1.92 bits per heavy atom. The normalized spacial score (nSPS) is 11.0. The van der Waals surface area contributed by atoms with E-state index in [4.69, 9.17) is 0 Å². The average Bonchev–Trinajstić information content (AvgIpc) is 3.18. The van der Waals surface area contributed by atoms with Crippen LogP contribution in [0.3, 0.4) is 0 Å². The summed E-state index contributed by atoms with van der Waals surface area (Å²) in [6.07, 6.45) is 1.76. The number of thiazole rings is 1. The molecule has 2 aromatic heterocycles. The summed E-state index contributed by atoms with van der Waals surface area (Å²) in [7, 11) is 0. The quantitative estimate of drug-likeness (QED) is 0.472. The zero-order chi connectivity index (χ0) is 18.3. The van der Waals surface area contributed by atoms with Crippen LogP contribution in [0.25, 0.3) is 16.2 Å². The van der Waals surface area contributed by atoms with Crippen LogP contribution in [0.1, 0.15) is 10.4 Å². The van der Waals surface area contributed by atoms with E-state index in [-0.39, 0.29) is 11.4 Å². The highest BCUT2D eigenvalue weighted by atomic mass is 79.9. The Morgan fingerprint density at radius 1 is 1.15 bits per heavy atom. The molecule has 26 heavy (non-hydrogen) atoms. The third-order valence-corrected chi connectivity index (χ3v) is 5.04. The molecule has 2 aromatic carbocycles. The summed E-state index contributed by atoms with van der Waals surface area (Å²) >= 11 is 4.56. The SMILES string of the molecule is O=C(Nc1c(-c2ccc(F)cc2)nc2sccn12)c1ccc(Br)cc1F. The lowest BCUT2D eigenvalue weighted by atomic mass is 10.1. The van der Waals surface area contributed by atoms with Crippen molar-refractivity contribution in [2.45, 2.75) is 0 Å². The highest BCUT2D eigenvalue weighted by Gasteiger charge is 2.20. The van der Waals surface area contributed by atoms with Gasteiger partial charge in [0.15, 0.2) is 4.96 Å². The maximum atomic E-state index is 14.1. The molecule has 0 aliphatic carbocycles. The zero-order valence-corrected chi connectivity index (χ0v) is 15.4. The lowest BCUT2D eigenvalue weighted by Crippen LogP contribution is -2.15. The second-order valence-corrected chi connectivity index (χ2v) is 7.24. The molecule has 4 rings (SSSR count). The predicted molar refractivity (Wildman–Crippen MR) is 101 cm³/mol. The van der Waals surface area contributed by atoms with Crippen molar-refractivity contribution in [1.82, 2.24) is 9.38 Å². The summed E-state index contributed by atoms with van der Waals surface area (Å²) in [5.41, 5.74) is 1.06. The van der Waals surface area contributed by atoms with Crippen LogP contribution in [0.4, 0.5) is 14.6 Å². The molecule has 4 aromatic rings. The molecule has 0 aliphatic heterocycles. The Labute approximate surface area is 159 Å². The first kappa shape index (κ1) is 16.9. The largest absolute Gasteiger partial charge is 0.306 e. The van der Waals surface area contributed by atoms with Crippen LogP contribution in [0.2, 0.25) is 0 Å². The van der Waals surface area contributed by atoms with Crippen LogP contribution in [0.15, 0.2) is 58.5 Å². The fourth-order valence-electron chi connectivity index (χ4n) is 2.56. The minimum absolute atomic E-state index is 0.0802. The molecule has 0 aliphatic rings. The highest BCUT2D eigenvalue weighted by Crippen LogP contribution is 2.31. The number of aromatic nitrogens is 2. The van der Waals surface area contributed by atoms with Crippen LogP contribution < -0.4 is 5.32 Å². The summed E-state index contributed by atoms with van der Waals surface area (Å²) in [4.78, 5) is 17.7. The highest BCUT2D eigenvalue weighted by molar-refractivity contribution is 9.10. The number of anilines is 1. The molecule has 0 saturated heterocycles. The second-order valence-electron chi connectivity index (χ2n) is 5.45. The number of nitrogens with one attached hydrogen (secondary N) is 1. The van der Waals surface area contributed by atoms with Crippen molar-refractivity contribution in [2.75, 3.05) is 5.32 Å². The standard InChI is InChI=1S/C18H10BrF2N3OS/c19-11-3-6-13(14(21)9-11)17(25)23-16-15(10-1-4-12(20)5-2-10)22-18-24(16)7-8-26-18/h1-9H,(H,23,25). The first-order valence-corrected chi connectivity index (χ1v) is 9.18. The molecule has 8 heteroatoms. The van der Waals surface area contributed by atoms with Crippen LogP contribution >= 0.6 is 27.3 Å². The first-order chi connectivity index (χ1) is 12.5. The van der Waals surface area contributed by atoms with Crippen molar-refractivity contribution in [1.29, 1.82) is 0 Å². The molecule has 4 nitrogen and oxygen atoms in total. The number of amides is 1. The number of rotatable bonds is 3. The van der Waals surface area contributed by atoms with Crippen molar-refractivity contribution in [3.05, 3.63) is 75.7 Å². The summed E-state index contributed by atoms with van der Waals surface area (Å²) in [5, 5.41) is 4.55. The van der Waals surface area contributed by atoms with E-state index in [1.165, 1.54) is 35.6 Å². The van der Waals surface area contributed by atoms with Gasteiger partial charge in [-0.15, -0.1) is 11.3 Å². The van der Waals surface area contributed by atoms with Crippen molar-refractivity contribution in [3.63, 3.8) is 0 Å². The average molecular weight is 434 g/mol. The Hall–Kier alpha value is -2.58. The van der Waals surface area contributed by atoms with Crippen LogP contribution in [-0.4, -0.2) is 15.3 Å². The molecule has 0 fully saturated rings. The molecule has 0 radical (unpaired) electrons. The zero-order valence-electron chi connectivity index (χ0n) is 13.0. The van der Waals surface area contributed by atoms with Gasteiger partial charge in [-0.1, -0.05) is 15.9 Å². The predicted octanol–water partition coefficient (Wildman–Crippen LogP) is 5.36. The summed E-state index contributed by atoms with van der Waals surface area (Å²) in [5.74, 6) is -1.19. The van der Waals surface area contributed by atoms with E-state index in [1.54, 1.807) is 28.8 Å². The van der Waals surface area contributed by atoms with Gasteiger partial charge in [-0.25, -0.2) is 13.8 Å². The molecule has 0 bridgehead atoms. The number of hydrogen-bond acceptors (Lipinski definition) is 3. The van der Waals surface area contributed by atoms with Crippen molar-refractivity contribution in [2.24, 2.45) is 0 Å². The monoisotopic (exact) mass is 433 g/mol. The minimum atomic E-state index is -0.633. The lowest BCUT2D eigenvalue weighted by molar-refractivity contribution is 0.102. The summed E-state index contributed by atoms with van der Waals surface area (Å²) in [6.45, 7) is 0. The third kappa shape index (κ3) is 3.02. The fraction of sp³-hybridized carbons (Fsp3) is 0. The first-order valence-electron chi connectivity index (χ1n) is 7.51. The molecule has 0 saturated carbocycles. The van der Waals surface area contributed by atoms with Crippen LogP contribution in [-0.2, 0) is 0 Å². The van der Waals surface area contributed by atoms with Gasteiger partial charge in [0.25, 0.3) is 5.91 Å². The summed E-state index contributed by atoms with van der Waals surface area (Å²) < 4.78 is 29.6. The van der Waals surface area contributed by atoms with Gasteiger partial charge in [-0.2, -0.15) is 0 Å². The topological polar surface area (TPSA) is 46.4 Å². The van der Waals surface area contributed by atoms with Gasteiger partial charge in [0.1, 0.15) is 23.1 Å². The molecule has 0 atom stereocenters.